The molecule has 0 radical (unpaired) electrons. The molecule has 0 saturated heterocycles. The number of nitrogen functional groups attached to an aromatic ring is 1. The highest BCUT2D eigenvalue weighted by Crippen LogP contribution is 2.33. The molecule has 0 amide bonds. The molecule has 6 heteroatoms. The van der Waals surface area contributed by atoms with Crippen molar-refractivity contribution in [3.8, 4) is 11.6 Å². The SMILES string of the molecule is COC(=O)c1ccc(N)c(Oc2c(C)cc(Cl)cc2C)n1. The molecule has 1 aromatic carbocycles. The van der Waals surface area contributed by atoms with Crippen LogP contribution in [0.2, 0.25) is 5.02 Å². The fraction of sp³-hybridized carbons (Fsp3) is 0.200. The van der Waals surface area contributed by atoms with E-state index in [0.29, 0.717) is 16.5 Å². The molecule has 110 valence electrons. The molecule has 1 aromatic heterocycles. The van der Waals surface area contributed by atoms with Crippen LogP contribution in [0.3, 0.4) is 0 Å². The smallest absolute Gasteiger partial charge is 0.356 e. The second kappa shape index (κ2) is 6.01. The quantitative estimate of drug-likeness (QED) is 0.878. The van der Waals surface area contributed by atoms with E-state index in [2.05, 4.69) is 9.72 Å². The first-order valence-electron chi connectivity index (χ1n) is 6.21. The van der Waals surface area contributed by atoms with Crippen molar-refractivity contribution in [3.63, 3.8) is 0 Å². The zero-order chi connectivity index (χ0) is 15.6. The number of benzene rings is 1. The van der Waals surface area contributed by atoms with Crippen molar-refractivity contribution in [1.82, 2.24) is 4.98 Å². The van der Waals surface area contributed by atoms with Gasteiger partial charge in [0.1, 0.15) is 5.75 Å². The fourth-order valence-electron chi connectivity index (χ4n) is 1.91. The maximum Gasteiger partial charge on any atom is 0.356 e. The lowest BCUT2D eigenvalue weighted by Gasteiger charge is -2.13. The summed E-state index contributed by atoms with van der Waals surface area (Å²) in [6.45, 7) is 3.74. The molecule has 2 aromatic rings. The number of carbonyl (C=O) groups excluding carboxylic acids is 1. The van der Waals surface area contributed by atoms with Crippen LogP contribution in [0.5, 0.6) is 11.6 Å². The Morgan fingerprint density at radius 2 is 1.86 bits per heavy atom. The van der Waals surface area contributed by atoms with Gasteiger partial charge in [-0.3, -0.25) is 0 Å². The van der Waals surface area contributed by atoms with Gasteiger partial charge in [0.25, 0.3) is 0 Å². The number of nitrogens with two attached hydrogens (primary N) is 1. The van der Waals surface area contributed by atoms with Gasteiger partial charge in [0, 0.05) is 5.02 Å². The van der Waals surface area contributed by atoms with Gasteiger partial charge >= 0.3 is 5.97 Å². The van der Waals surface area contributed by atoms with Crippen molar-refractivity contribution in [2.45, 2.75) is 13.8 Å². The second-order valence-corrected chi connectivity index (χ2v) is 4.99. The number of hydrogen-bond acceptors (Lipinski definition) is 5. The molecule has 0 saturated carbocycles. The highest BCUT2D eigenvalue weighted by molar-refractivity contribution is 6.30. The van der Waals surface area contributed by atoms with E-state index in [4.69, 9.17) is 22.1 Å². The van der Waals surface area contributed by atoms with Gasteiger partial charge < -0.3 is 15.2 Å². The first-order valence-corrected chi connectivity index (χ1v) is 6.59. The van der Waals surface area contributed by atoms with Crippen LogP contribution < -0.4 is 10.5 Å². The number of aryl methyl sites for hydroxylation is 2. The highest BCUT2D eigenvalue weighted by atomic mass is 35.5. The fourth-order valence-corrected chi connectivity index (χ4v) is 2.23. The van der Waals surface area contributed by atoms with Gasteiger partial charge in [-0.1, -0.05) is 11.6 Å². The summed E-state index contributed by atoms with van der Waals surface area (Å²) >= 11 is 5.99. The third-order valence-corrected chi connectivity index (χ3v) is 3.13. The van der Waals surface area contributed by atoms with Crippen molar-refractivity contribution in [2.24, 2.45) is 0 Å². The predicted octanol–water partition coefficient (Wildman–Crippen LogP) is 3.51. The summed E-state index contributed by atoms with van der Waals surface area (Å²) in [7, 11) is 1.29. The molecule has 0 fully saturated rings. The third kappa shape index (κ3) is 3.25. The van der Waals surface area contributed by atoms with Gasteiger partial charge in [-0.05, 0) is 49.2 Å². The van der Waals surface area contributed by atoms with Crippen molar-refractivity contribution in [1.29, 1.82) is 0 Å². The van der Waals surface area contributed by atoms with Crippen LogP contribution in [0.15, 0.2) is 24.3 Å². The molecule has 0 atom stereocenters. The number of methoxy groups -OCH3 is 1. The Hall–Kier alpha value is -2.27. The van der Waals surface area contributed by atoms with Crippen molar-refractivity contribution >= 4 is 23.3 Å². The summed E-state index contributed by atoms with van der Waals surface area (Å²) in [6.07, 6.45) is 0. The molecule has 1 heterocycles. The van der Waals surface area contributed by atoms with Gasteiger partial charge in [0.05, 0.1) is 12.8 Å². The minimum Gasteiger partial charge on any atom is -0.464 e. The van der Waals surface area contributed by atoms with E-state index >= 15 is 0 Å². The highest BCUT2D eigenvalue weighted by Gasteiger charge is 2.14. The molecular formula is C15H15ClN2O3. The van der Waals surface area contributed by atoms with Gasteiger partial charge in [0.15, 0.2) is 5.69 Å². The molecule has 0 aliphatic carbocycles. The van der Waals surface area contributed by atoms with E-state index in [9.17, 15) is 4.79 Å². The summed E-state index contributed by atoms with van der Waals surface area (Å²) in [5, 5.41) is 0.626. The molecule has 0 unspecified atom stereocenters. The number of ether oxygens (including phenoxy) is 2. The Labute approximate surface area is 127 Å². The Kier molecular flexibility index (Phi) is 4.33. The van der Waals surface area contributed by atoms with Crippen LogP contribution in [0.4, 0.5) is 5.69 Å². The zero-order valence-corrected chi connectivity index (χ0v) is 12.7. The van der Waals surface area contributed by atoms with Crippen LogP contribution in [0, 0.1) is 13.8 Å². The largest absolute Gasteiger partial charge is 0.464 e. The standard InChI is InChI=1S/C15H15ClN2O3/c1-8-6-10(16)7-9(2)13(8)21-14-11(17)4-5-12(18-14)15(19)20-3/h4-7H,17H2,1-3H3. The lowest BCUT2D eigenvalue weighted by molar-refractivity contribution is 0.0593. The van der Waals surface area contributed by atoms with Crippen LogP contribution in [-0.4, -0.2) is 18.1 Å². The molecule has 5 nitrogen and oxygen atoms in total. The lowest BCUT2D eigenvalue weighted by Crippen LogP contribution is -2.06. The van der Waals surface area contributed by atoms with Crippen LogP contribution in [0.25, 0.3) is 0 Å². The first kappa shape index (κ1) is 15.1. The number of hydrogen-bond donors (Lipinski definition) is 1. The molecule has 0 aliphatic heterocycles. The average molecular weight is 307 g/mol. The van der Waals surface area contributed by atoms with Crippen molar-refractivity contribution in [3.05, 3.63) is 46.1 Å². The summed E-state index contributed by atoms with van der Waals surface area (Å²) < 4.78 is 10.4. The molecule has 2 N–H and O–H groups in total. The minimum absolute atomic E-state index is 0.131. The molecule has 0 spiro atoms. The van der Waals surface area contributed by atoms with E-state index < -0.39 is 5.97 Å². The molecule has 0 aliphatic rings. The van der Waals surface area contributed by atoms with Crippen LogP contribution in [0.1, 0.15) is 21.6 Å². The van der Waals surface area contributed by atoms with E-state index in [1.807, 2.05) is 13.8 Å². The molecule has 2 rings (SSSR count). The maximum atomic E-state index is 11.5. The molecular weight excluding hydrogens is 292 g/mol. The molecule has 0 bridgehead atoms. The van der Waals surface area contributed by atoms with E-state index in [0.717, 1.165) is 11.1 Å². The van der Waals surface area contributed by atoms with Crippen molar-refractivity contribution in [2.75, 3.05) is 12.8 Å². The zero-order valence-electron chi connectivity index (χ0n) is 11.9. The average Bonchev–Trinajstić information content (AvgIpc) is 2.43. The number of nitrogens with zero attached hydrogens (tertiary/aromatic N) is 1. The number of pyridine rings is 1. The Balaban J connectivity index is 2.42. The summed E-state index contributed by atoms with van der Waals surface area (Å²) in [5.74, 6) is 0.219. The van der Waals surface area contributed by atoms with E-state index in [-0.39, 0.29) is 11.6 Å². The van der Waals surface area contributed by atoms with Gasteiger partial charge in [-0.2, -0.15) is 0 Å². The predicted molar refractivity (Wildman–Crippen MR) is 81.0 cm³/mol. The Morgan fingerprint density at radius 1 is 1.24 bits per heavy atom. The summed E-state index contributed by atoms with van der Waals surface area (Å²) in [4.78, 5) is 15.6. The van der Waals surface area contributed by atoms with Gasteiger partial charge in [0.2, 0.25) is 5.88 Å². The summed E-state index contributed by atoms with van der Waals surface area (Å²) in [6, 6.07) is 6.60. The van der Waals surface area contributed by atoms with E-state index in [1.165, 1.54) is 13.2 Å². The van der Waals surface area contributed by atoms with Crippen LogP contribution in [-0.2, 0) is 4.74 Å². The number of halogens is 1. The topological polar surface area (TPSA) is 74.4 Å². The minimum atomic E-state index is -0.551. The summed E-state index contributed by atoms with van der Waals surface area (Å²) in [5.41, 5.74) is 8.01. The van der Waals surface area contributed by atoms with E-state index in [1.54, 1.807) is 18.2 Å². The monoisotopic (exact) mass is 306 g/mol. The maximum absolute atomic E-state index is 11.5. The van der Waals surface area contributed by atoms with Crippen molar-refractivity contribution < 1.29 is 14.3 Å². The second-order valence-electron chi connectivity index (χ2n) is 4.55. The number of aromatic nitrogens is 1. The number of esters is 1. The lowest BCUT2D eigenvalue weighted by atomic mass is 10.1. The normalized spacial score (nSPS) is 10.3. The molecule has 21 heavy (non-hydrogen) atoms. The third-order valence-electron chi connectivity index (χ3n) is 2.91. The number of carbonyl (C=O) groups is 1. The van der Waals surface area contributed by atoms with Crippen LogP contribution >= 0.6 is 11.6 Å². The Morgan fingerprint density at radius 3 is 2.43 bits per heavy atom. The first-order chi connectivity index (χ1) is 9.92. The number of rotatable bonds is 3. The number of anilines is 1. The van der Waals surface area contributed by atoms with Gasteiger partial charge in [-0.15, -0.1) is 0 Å². The van der Waals surface area contributed by atoms with Gasteiger partial charge in [-0.25, -0.2) is 9.78 Å². The Bertz CT molecular complexity index is 678.